The highest BCUT2D eigenvalue weighted by molar-refractivity contribution is 7.90. The number of para-hydroxylation sites is 2. The molecule has 0 amide bonds. The summed E-state index contributed by atoms with van der Waals surface area (Å²) in [7, 11) is -3.48. The molecule has 1 aromatic carbocycles. The topological polar surface area (TPSA) is 108 Å². The maximum Gasteiger partial charge on any atom is 0.326 e. The molecule has 1 aromatic heterocycles. The molecule has 0 saturated carbocycles. The molecule has 126 valence electrons. The van der Waals surface area contributed by atoms with Crippen molar-refractivity contribution in [3.05, 3.63) is 34.7 Å². The van der Waals surface area contributed by atoms with E-state index < -0.39 is 15.3 Å². The molecule has 4 N–H and O–H groups in total. The van der Waals surface area contributed by atoms with E-state index in [1.54, 1.807) is 0 Å². The molecule has 0 spiro atoms. The Morgan fingerprint density at radius 1 is 1.17 bits per heavy atom. The SMILES string of the molecule is CC1NNC(C)C1S(=O)(=O)NCCn1c(=O)[nH]c2ccccc21. The van der Waals surface area contributed by atoms with Gasteiger partial charge in [0.15, 0.2) is 0 Å². The van der Waals surface area contributed by atoms with E-state index in [1.807, 2.05) is 38.1 Å². The van der Waals surface area contributed by atoms with Crippen molar-refractivity contribution in [1.82, 2.24) is 25.1 Å². The van der Waals surface area contributed by atoms with Crippen LogP contribution in [0.2, 0.25) is 0 Å². The van der Waals surface area contributed by atoms with Crippen LogP contribution in [0.15, 0.2) is 29.1 Å². The van der Waals surface area contributed by atoms with Crippen LogP contribution in [-0.2, 0) is 16.6 Å². The molecule has 23 heavy (non-hydrogen) atoms. The minimum atomic E-state index is -3.48. The third kappa shape index (κ3) is 3.05. The first-order chi connectivity index (χ1) is 10.9. The Kier molecular flexibility index (Phi) is 4.28. The molecule has 9 heteroatoms. The summed E-state index contributed by atoms with van der Waals surface area (Å²) in [6, 6.07) is 6.97. The molecule has 2 unspecified atom stereocenters. The number of fused-ring (bicyclic) bond motifs is 1. The number of hydrogen-bond donors (Lipinski definition) is 4. The average Bonchev–Trinajstić information content (AvgIpc) is 2.99. The summed E-state index contributed by atoms with van der Waals surface area (Å²) < 4.78 is 29.0. The first-order valence-electron chi connectivity index (χ1n) is 7.57. The zero-order valence-corrected chi connectivity index (χ0v) is 13.9. The zero-order chi connectivity index (χ0) is 16.6. The molecule has 1 saturated heterocycles. The van der Waals surface area contributed by atoms with E-state index in [0.29, 0.717) is 0 Å². The summed E-state index contributed by atoms with van der Waals surface area (Å²) in [5, 5.41) is -0.554. The molecule has 1 aliphatic rings. The van der Waals surface area contributed by atoms with Crippen LogP contribution in [-0.4, -0.2) is 41.8 Å². The second kappa shape index (κ2) is 6.08. The highest BCUT2D eigenvalue weighted by Gasteiger charge is 2.39. The van der Waals surface area contributed by atoms with Crippen molar-refractivity contribution in [3.63, 3.8) is 0 Å². The van der Waals surface area contributed by atoms with Crippen LogP contribution in [0.1, 0.15) is 13.8 Å². The highest BCUT2D eigenvalue weighted by atomic mass is 32.2. The Labute approximate surface area is 134 Å². The van der Waals surface area contributed by atoms with E-state index >= 15 is 0 Å². The van der Waals surface area contributed by atoms with Gasteiger partial charge in [0, 0.05) is 25.2 Å². The van der Waals surface area contributed by atoms with Gasteiger partial charge in [-0.2, -0.15) is 0 Å². The van der Waals surface area contributed by atoms with Gasteiger partial charge in [-0.3, -0.25) is 15.4 Å². The van der Waals surface area contributed by atoms with Gasteiger partial charge in [-0.05, 0) is 26.0 Å². The van der Waals surface area contributed by atoms with Gasteiger partial charge in [0.1, 0.15) is 5.25 Å². The minimum absolute atomic E-state index is 0.167. The summed E-state index contributed by atoms with van der Waals surface area (Å²) in [5.74, 6) is 0. The number of hydrazine groups is 1. The number of nitrogens with one attached hydrogen (secondary N) is 4. The lowest BCUT2D eigenvalue weighted by Crippen LogP contribution is -2.45. The van der Waals surface area contributed by atoms with E-state index in [4.69, 9.17) is 0 Å². The Morgan fingerprint density at radius 2 is 1.83 bits per heavy atom. The van der Waals surface area contributed by atoms with Gasteiger partial charge in [-0.15, -0.1) is 0 Å². The number of rotatable bonds is 5. The van der Waals surface area contributed by atoms with Crippen LogP contribution in [0.4, 0.5) is 0 Å². The standard InChI is InChI=1S/C14H21N5O3S/c1-9-13(10(2)18-17-9)23(21,22)15-7-8-19-12-6-4-3-5-11(12)16-14(19)20/h3-6,9-10,13,15,17-18H,7-8H2,1-2H3,(H,16,20). The lowest BCUT2D eigenvalue weighted by Gasteiger charge is -2.19. The van der Waals surface area contributed by atoms with Crippen LogP contribution in [0, 0.1) is 0 Å². The molecule has 0 bridgehead atoms. The summed E-state index contributed by atoms with van der Waals surface area (Å²) in [6.45, 7) is 4.09. The number of hydrogen-bond acceptors (Lipinski definition) is 5. The second-order valence-corrected chi connectivity index (χ2v) is 7.79. The number of H-pyrrole nitrogens is 1. The molecule has 8 nitrogen and oxygen atoms in total. The van der Waals surface area contributed by atoms with E-state index in [0.717, 1.165) is 11.0 Å². The summed E-state index contributed by atoms with van der Waals surface area (Å²) in [5.41, 5.74) is 7.14. The molecule has 0 radical (unpaired) electrons. The van der Waals surface area contributed by atoms with E-state index in [1.165, 1.54) is 4.57 Å². The fourth-order valence-corrected chi connectivity index (χ4v) is 4.90. The van der Waals surface area contributed by atoms with Crippen LogP contribution in [0.3, 0.4) is 0 Å². The van der Waals surface area contributed by atoms with Gasteiger partial charge in [-0.1, -0.05) is 12.1 Å². The van der Waals surface area contributed by atoms with Crippen LogP contribution >= 0.6 is 0 Å². The number of aromatic amines is 1. The third-order valence-electron chi connectivity index (χ3n) is 4.20. The third-order valence-corrected chi connectivity index (χ3v) is 6.34. The lowest BCUT2D eigenvalue weighted by atomic mass is 10.2. The maximum absolute atomic E-state index is 12.4. The first kappa shape index (κ1) is 16.2. The van der Waals surface area contributed by atoms with Crippen molar-refractivity contribution >= 4 is 21.1 Å². The van der Waals surface area contributed by atoms with Gasteiger partial charge >= 0.3 is 5.69 Å². The first-order valence-corrected chi connectivity index (χ1v) is 9.12. The molecular weight excluding hydrogens is 318 g/mol. The van der Waals surface area contributed by atoms with Gasteiger partial charge in [-0.25, -0.2) is 17.9 Å². The van der Waals surface area contributed by atoms with Crippen LogP contribution in [0.25, 0.3) is 11.0 Å². The van der Waals surface area contributed by atoms with Crippen molar-refractivity contribution in [2.45, 2.75) is 37.7 Å². The smallest absolute Gasteiger partial charge is 0.306 e. The fourth-order valence-electron chi connectivity index (χ4n) is 3.12. The number of sulfonamides is 1. The summed E-state index contributed by atoms with van der Waals surface area (Å²) >= 11 is 0. The van der Waals surface area contributed by atoms with E-state index in [-0.39, 0.29) is 30.9 Å². The molecule has 1 fully saturated rings. The predicted octanol–water partition coefficient (Wildman–Crippen LogP) is -0.498. The molecular formula is C14H21N5O3S. The molecule has 2 heterocycles. The lowest BCUT2D eigenvalue weighted by molar-refractivity contribution is 0.539. The van der Waals surface area contributed by atoms with Crippen molar-refractivity contribution in [2.75, 3.05) is 6.54 Å². The molecule has 0 aliphatic carbocycles. The quantitative estimate of drug-likeness (QED) is 0.587. The van der Waals surface area contributed by atoms with Crippen molar-refractivity contribution in [2.24, 2.45) is 0 Å². The molecule has 2 aromatic rings. The minimum Gasteiger partial charge on any atom is -0.306 e. The maximum atomic E-state index is 12.4. The zero-order valence-electron chi connectivity index (χ0n) is 13.0. The Balaban J connectivity index is 1.71. The van der Waals surface area contributed by atoms with E-state index in [9.17, 15) is 13.2 Å². The largest absolute Gasteiger partial charge is 0.326 e. The Morgan fingerprint density at radius 3 is 2.52 bits per heavy atom. The number of benzene rings is 1. The number of imidazole rings is 1. The Bertz CT molecular complexity index is 847. The van der Waals surface area contributed by atoms with Gasteiger partial charge in [0.2, 0.25) is 10.0 Å². The van der Waals surface area contributed by atoms with Crippen LogP contribution in [0.5, 0.6) is 0 Å². The van der Waals surface area contributed by atoms with Gasteiger partial charge < -0.3 is 4.98 Å². The average molecular weight is 339 g/mol. The van der Waals surface area contributed by atoms with Gasteiger partial charge in [0.05, 0.1) is 11.0 Å². The Hall–Kier alpha value is -1.68. The van der Waals surface area contributed by atoms with Crippen molar-refractivity contribution in [3.8, 4) is 0 Å². The van der Waals surface area contributed by atoms with Gasteiger partial charge in [0.25, 0.3) is 0 Å². The van der Waals surface area contributed by atoms with E-state index in [2.05, 4.69) is 20.6 Å². The second-order valence-electron chi connectivity index (χ2n) is 5.87. The number of aromatic nitrogens is 2. The number of nitrogens with zero attached hydrogens (tertiary/aromatic N) is 1. The molecule has 2 atom stereocenters. The monoisotopic (exact) mass is 339 g/mol. The fraction of sp³-hybridized carbons (Fsp3) is 0.500. The molecule has 3 rings (SSSR count). The summed E-state index contributed by atoms with van der Waals surface area (Å²) in [4.78, 5) is 14.7. The highest BCUT2D eigenvalue weighted by Crippen LogP contribution is 2.14. The molecule has 1 aliphatic heterocycles. The predicted molar refractivity (Wildman–Crippen MR) is 88.5 cm³/mol. The van der Waals surface area contributed by atoms with Crippen molar-refractivity contribution < 1.29 is 8.42 Å². The normalized spacial score (nSPS) is 25.2. The summed E-state index contributed by atoms with van der Waals surface area (Å²) in [6.07, 6.45) is 0. The van der Waals surface area contributed by atoms with Crippen LogP contribution < -0.4 is 21.3 Å². The van der Waals surface area contributed by atoms with Crippen molar-refractivity contribution in [1.29, 1.82) is 0 Å².